The number of likely N-dealkylation sites (tertiary alicyclic amines) is 1. The van der Waals surface area contributed by atoms with Crippen LogP contribution in [0.15, 0.2) is 6.33 Å². The average Bonchev–Trinajstić information content (AvgIpc) is 2.67. The summed E-state index contributed by atoms with van der Waals surface area (Å²) in [5, 5.41) is 6.31. The number of aromatic amines is 1. The van der Waals surface area contributed by atoms with Gasteiger partial charge < -0.3 is 4.90 Å². The maximum atomic E-state index is 11.9. The molecule has 0 unspecified atom stereocenters. The van der Waals surface area contributed by atoms with E-state index < -0.39 is 0 Å². The van der Waals surface area contributed by atoms with Crippen molar-refractivity contribution in [3.8, 4) is 0 Å². The van der Waals surface area contributed by atoms with E-state index in [1.54, 1.807) is 0 Å². The number of nitrogens with one attached hydrogen (secondary N) is 1. The molecule has 0 saturated carbocycles. The molecule has 1 aliphatic heterocycles. The van der Waals surface area contributed by atoms with E-state index in [4.69, 9.17) is 0 Å². The van der Waals surface area contributed by atoms with E-state index in [0.29, 0.717) is 5.82 Å². The molecule has 1 saturated heterocycles. The topological polar surface area (TPSA) is 61.9 Å². The zero-order valence-corrected chi connectivity index (χ0v) is 8.94. The first-order valence-corrected chi connectivity index (χ1v) is 5.42. The summed E-state index contributed by atoms with van der Waals surface area (Å²) in [6, 6.07) is 0. The largest absolute Gasteiger partial charge is 0.336 e. The highest BCUT2D eigenvalue weighted by Crippen LogP contribution is 2.17. The van der Waals surface area contributed by atoms with E-state index in [1.807, 2.05) is 4.90 Å². The molecule has 5 nitrogen and oxygen atoms in total. The summed E-state index contributed by atoms with van der Waals surface area (Å²) >= 11 is 0. The molecule has 1 N–H and O–H groups in total. The monoisotopic (exact) mass is 208 g/mol. The van der Waals surface area contributed by atoms with Gasteiger partial charge in [-0.05, 0) is 25.2 Å². The third kappa shape index (κ3) is 2.34. The molecular formula is C10H16N4O. The Bertz CT molecular complexity index is 322. The van der Waals surface area contributed by atoms with Crippen LogP contribution in [0, 0.1) is 5.92 Å². The van der Waals surface area contributed by atoms with Gasteiger partial charge in [-0.3, -0.25) is 9.89 Å². The number of rotatable bonds is 1. The van der Waals surface area contributed by atoms with Crippen molar-refractivity contribution in [2.24, 2.45) is 5.92 Å². The van der Waals surface area contributed by atoms with Crippen LogP contribution in [0.1, 0.15) is 36.8 Å². The Morgan fingerprint density at radius 3 is 3.13 bits per heavy atom. The van der Waals surface area contributed by atoms with Gasteiger partial charge in [0.1, 0.15) is 6.33 Å². The van der Waals surface area contributed by atoms with E-state index in [0.717, 1.165) is 31.8 Å². The number of aromatic nitrogens is 3. The summed E-state index contributed by atoms with van der Waals surface area (Å²) in [6.07, 6.45) is 4.74. The van der Waals surface area contributed by atoms with Crippen molar-refractivity contribution in [3.05, 3.63) is 12.2 Å². The first-order chi connectivity index (χ1) is 7.27. The summed E-state index contributed by atoms with van der Waals surface area (Å²) in [5.74, 6) is 1.05. The van der Waals surface area contributed by atoms with Gasteiger partial charge in [-0.2, -0.15) is 5.10 Å². The number of H-pyrrole nitrogens is 1. The van der Waals surface area contributed by atoms with Crippen molar-refractivity contribution in [2.75, 3.05) is 13.1 Å². The van der Waals surface area contributed by atoms with E-state index in [1.165, 1.54) is 12.7 Å². The summed E-state index contributed by atoms with van der Waals surface area (Å²) in [6.45, 7) is 3.91. The molecule has 82 valence electrons. The molecule has 0 aliphatic carbocycles. The minimum absolute atomic E-state index is 0.0263. The van der Waals surface area contributed by atoms with Gasteiger partial charge in [0.05, 0.1) is 0 Å². The van der Waals surface area contributed by atoms with Crippen LogP contribution in [0.4, 0.5) is 0 Å². The number of hydrogen-bond acceptors (Lipinski definition) is 3. The van der Waals surface area contributed by atoms with Crippen molar-refractivity contribution >= 4 is 5.91 Å². The number of nitrogens with zero attached hydrogens (tertiary/aromatic N) is 3. The summed E-state index contributed by atoms with van der Waals surface area (Å²) in [4.78, 5) is 17.7. The minimum Gasteiger partial charge on any atom is -0.336 e. The smallest absolute Gasteiger partial charge is 0.291 e. The summed E-state index contributed by atoms with van der Waals surface area (Å²) in [5.41, 5.74) is 0. The van der Waals surface area contributed by atoms with E-state index >= 15 is 0 Å². The van der Waals surface area contributed by atoms with Crippen LogP contribution in [0.5, 0.6) is 0 Å². The molecule has 5 heteroatoms. The predicted octanol–water partition coefficient (Wildman–Crippen LogP) is 1.07. The van der Waals surface area contributed by atoms with Gasteiger partial charge in [-0.15, -0.1) is 0 Å². The highest BCUT2D eigenvalue weighted by Gasteiger charge is 2.21. The molecule has 15 heavy (non-hydrogen) atoms. The molecular weight excluding hydrogens is 192 g/mol. The second-order valence-electron chi connectivity index (χ2n) is 4.16. The molecule has 0 spiro atoms. The molecule has 1 aromatic rings. The Balaban J connectivity index is 2.01. The fourth-order valence-corrected chi connectivity index (χ4v) is 1.92. The third-order valence-corrected chi connectivity index (χ3v) is 2.92. The zero-order chi connectivity index (χ0) is 10.7. The van der Waals surface area contributed by atoms with Crippen molar-refractivity contribution < 1.29 is 4.79 Å². The van der Waals surface area contributed by atoms with Crippen LogP contribution in [-0.4, -0.2) is 39.1 Å². The van der Waals surface area contributed by atoms with E-state index in [-0.39, 0.29) is 5.91 Å². The van der Waals surface area contributed by atoms with Gasteiger partial charge in [0.2, 0.25) is 5.82 Å². The van der Waals surface area contributed by atoms with Crippen molar-refractivity contribution in [1.29, 1.82) is 0 Å². The second-order valence-corrected chi connectivity index (χ2v) is 4.16. The Kier molecular flexibility index (Phi) is 2.99. The molecule has 1 fully saturated rings. The predicted molar refractivity (Wildman–Crippen MR) is 55.3 cm³/mol. The zero-order valence-electron chi connectivity index (χ0n) is 8.94. The minimum atomic E-state index is -0.0263. The van der Waals surface area contributed by atoms with E-state index in [9.17, 15) is 4.79 Å². The SMILES string of the molecule is C[C@H]1CCCN(C(=O)c2ncn[nH]2)CC1. The number of carbonyl (C=O) groups excluding carboxylic acids is 1. The van der Waals surface area contributed by atoms with Gasteiger partial charge in [-0.25, -0.2) is 4.98 Å². The lowest BCUT2D eigenvalue weighted by atomic mass is 10.0. The highest BCUT2D eigenvalue weighted by atomic mass is 16.2. The summed E-state index contributed by atoms with van der Waals surface area (Å²) < 4.78 is 0. The Morgan fingerprint density at radius 2 is 2.40 bits per heavy atom. The van der Waals surface area contributed by atoms with Gasteiger partial charge in [0, 0.05) is 13.1 Å². The highest BCUT2D eigenvalue weighted by molar-refractivity contribution is 5.90. The molecule has 0 aromatic carbocycles. The quantitative estimate of drug-likeness (QED) is 0.750. The van der Waals surface area contributed by atoms with Gasteiger partial charge in [-0.1, -0.05) is 6.92 Å². The third-order valence-electron chi connectivity index (χ3n) is 2.92. The molecule has 1 aliphatic rings. The number of hydrogen-bond donors (Lipinski definition) is 1. The second kappa shape index (κ2) is 4.42. The number of carbonyl (C=O) groups is 1. The van der Waals surface area contributed by atoms with Crippen LogP contribution < -0.4 is 0 Å². The lowest BCUT2D eigenvalue weighted by Crippen LogP contribution is -2.32. The van der Waals surface area contributed by atoms with Crippen LogP contribution in [0.3, 0.4) is 0 Å². The average molecular weight is 208 g/mol. The lowest BCUT2D eigenvalue weighted by molar-refractivity contribution is 0.0748. The molecule has 2 heterocycles. The van der Waals surface area contributed by atoms with Crippen molar-refractivity contribution in [1.82, 2.24) is 20.1 Å². The number of amides is 1. The van der Waals surface area contributed by atoms with Gasteiger partial charge in [0.25, 0.3) is 5.91 Å². The van der Waals surface area contributed by atoms with E-state index in [2.05, 4.69) is 22.1 Å². The fraction of sp³-hybridized carbons (Fsp3) is 0.700. The summed E-state index contributed by atoms with van der Waals surface area (Å²) in [7, 11) is 0. The molecule has 1 atom stereocenters. The normalized spacial score (nSPS) is 22.5. The molecule has 2 rings (SSSR count). The van der Waals surface area contributed by atoms with Gasteiger partial charge >= 0.3 is 0 Å². The Hall–Kier alpha value is -1.39. The van der Waals surface area contributed by atoms with Crippen molar-refractivity contribution in [2.45, 2.75) is 26.2 Å². The van der Waals surface area contributed by atoms with Crippen LogP contribution in [0.25, 0.3) is 0 Å². The maximum absolute atomic E-state index is 11.9. The lowest BCUT2D eigenvalue weighted by Gasteiger charge is -2.18. The molecule has 1 aromatic heterocycles. The fourth-order valence-electron chi connectivity index (χ4n) is 1.92. The molecule has 0 bridgehead atoms. The molecule has 0 radical (unpaired) electrons. The van der Waals surface area contributed by atoms with Crippen LogP contribution in [-0.2, 0) is 0 Å². The maximum Gasteiger partial charge on any atom is 0.291 e. The first-order valence-electron chi connectivity index (χ1n) is 5.42. The molecule has 1 amide bonds. The van der Waals surface area contributed by atoms with Crippen LogP contribution >= 0.6 is 0 Å². The Morgan fingerprint density at radius 1 is 1.53 bits per heavy atom. The van der Waals surface area contributed by atoms with Gasteiger partial charge in [0.15, 0.2) is 0 Å². The Labute approximate surface area is 88.9 Å². The van der Waals surface area contributed by atoms with Crippen molar-refractivity contribution in [3.63, 3.8) is 0 Å². The standard InChI is InChI=1S/C10H16N4O/c1-8-3-2-5-14(6-4-8)10(15)9-11-7-12-13-9/h7-8H,2-6H2,1H3,(H,11,12,13)/t8-/m0/s1. The van der Waals surface area contributed by atoms with Crippen LogP contribution in [0.2, 0.25) is 0 Å². The first kappa shape index (κ1) is 10.1.